The molecule has 0 fully saturated rings. The minimum absolute atomic E-state index is 0.0251. The molecule has 0 saturated carbocycles. The van der Waals surface area contributed by atoms with Crippen LogP contribution in [0.2, 0.25) is 5.02 Å². The lowest BCUT2D eigenvalue weighted by molar-refractivity contribution is 0.0910. The second kappa shape index (κ2) is 4.90. The zero-order valence-electron chi connectivity index (χ0n) is 13.7. The number of hydrogen-bond acceptors (Lipinski definition) is 4. The normalized spacial score (nSPS) is 16.6. The summed E-state index contributed by atoms with van der Waals surface area (Å²) in [6.07, 6.45) is 1.14. The molecule has 4 rings (SSSR count). The van der Waals surface area contributed by atoms with Crippen molar-refractivity contribution in [3.05, 3.63) is 50.3 Å². The molecule has 0 bridgehead atoms. The van der Waals surface area contributed by atoms with Crippen LogP contribution in [0, 0.1) is 12.3 Å². The molecular formula is C19H16ClNO3. The van der Waals surface area contributed by atoms with E-state index in [1.54, 1.807) is 18.2 Å². The van der Waals surface area contributed by atoms with Crippen LogP contribution < -0.4 is 5.43 Å². The maximum atomic E-state index is 12.8. The first-order chi connectivity index (χ1) is 11.2. The van der Waals surface area contributed by atoms with Crippen molar-refractivity contribution in [1.29, 1.82) is 0 Å². The molecule has 0 radical (unpaired) electrons. The fourth-order valence-electron chi connectivity index (χ4n) is 3.36. The average Bonchev–Trinajstić information content (AvgIpc) is 2.47. The summed E-state index contributed by atoms with van der Waals surface area (Å²) in [5, 5.41) is 1.25. The molecule has 4 nitrogen and oxygen atoms in total. The highest BCUT2D eigenvalue weighted by Gasteiger charge is 2.32. The van der Waals surface area contributed by atoms with Gasteiger partial charge in [0.15, 0.2) is 5.78 Å². The molecule has 1 aliphatic rings. The predicted octanol–water partition coefficient (Wildman–Crippen LogP) is 4.46. The van der Waals surface area contributed by atoms with Gasteiger partial charge >= 0.3 is 0 Å². The number of pyridine rings is 1. The molecule has 122 valence electrons. The van der Waals surface area contributed by atoms with Gasteiger partial charge in [-0.1, -0.05) is 25.4 Å². The number of carbonyl (C=O) groups excluding carboxylic acids is 1. The van der Waals surface area contributed by atoms with Crippen molar-refractivity contribution in [2.45, 2.75) is 33.6 Å². The van der Waals surface area contributed by atoms with Crippen molar-refractivity contribution >= 4 is 39.5 Å². The van der Waals surface area contributed by atoms with E-state index >= 15 is 0 Å². The number of aryl methyl sites for hydroxylation is 1. The highest BCUT2D eigenvalue weighted by molar-refractivity contribution is 6.32. The molecule has 2 heterocycles. The van der Waals surface area contributed by atoms with Gasteiger partial charge in [-0.05, 0) is 42.5 Å². The minimum Gasteiger partial charge on any atom is -0.437 e. The van der Waals surface area contributed by atoms with Crippen molar-refractivity contribution in [2.24, 2.45) is 5.41 Å². The SMILES string of the molecule is Cc1cc2oc3nc4c(cc3c(=O)c2cc1Cl)C(=O)CC(C)(C)C4. The van der Waals surface area contributed by atoms with Gasteiger partial charge in [0, 0.05) is 17.0 Å². The van der Waals surface area contributed by atoms with Gasteiger partial charge in [-0.25, -0.2) is 4.98 Å². The number of carbonyl (C=O) groups is 1. The van der Waals surface area contributed by atoms with E-state index in [1.165, 1.54) is 0 Å². The molecule has 0 saturated heterocycles. The Kier molecular flexibility index (Phi) is 3.13. The number of hydrogen-bond donors (Lipinski definition) is 0. The number of aromatic nitrogens is 1. The van der Waals surface area contributed by atoms with Crippen LogP contribution in [0.4, 0.5) is 0 Å². The van der Waals surface area contributed by atoms with E-state index in [9.17, 15) is 9.59 Å². The molecule has 2 aromatic heterocycles. The largest absolute Gasteiger partial charge is 0.437 e. The van der Waals surface area contributed by atoms with Crippen LogP contribution in [0.15, 0.2) is 27.4 Å². The van der Waals surface area contributed by atoms with E-state index in [4.69, 9.17) is 16.0 Å². The number of Topliss-reactive ketones (excluding diaryl/α,β-unsaturated/α-hetero) is 1. The number of rotatable bonds is 0. The Morgan fingerprint density at radius 1 is 1.12 bits per heavy atom. The lowest BCUT2D eigenvalue weighted by Crippen LogP contribution is -2.28. The molecule has 3 aromatic rings. The van der Waals surface area contributed by atoms with Crippen LogP contribution in [-0.2, 0) is 6.42 Å². The minimum atomic E-state index is -0.207. The molecule has 5 heteroatoms. The predicted molar refractivity (Wildman–Crippen MR) is 94.0 cm³/mol. The smallest absolute Gasteiger partial charge is 0.230 e. The first kappa shape index (κ1) is 15.3. The first-order valence-electron chi connectivity index (χ1n) is 7.85. The summed E-state index contributed by atoms with van der Waals surface area (Å²) in [6.45, 7) is 5.94. The van der Waals surface area contributed by atoms with Gasteiger partial charge in [0.25, 0.3) is 0 Å². The first-order valence-corrected chi connectivity index (χ1v) is 8.23. The van der Waals surface area contributed by atoms with Gasteiger partial charge < -0.3 is 4.42 Å². The molecular weight excluding hydrogens is 326 g/mol. The molecule has 0 spiro atoms. The molecule has 0 aliphatic heterocycles. The van der Waals surface area contributed by atoms with Crippen molar-refractivity contribution in [2.75, 3.05) is 0 Å². The Labute approximate surface area is 143 Å². The van der Waals surface area contributed by atoms with Crippen LogP contribution in [0.25, 0.3) is 22.1 Å². The van der Waals surface area contributed by atoms with Crippen LogP contribution in [0.3, 0.4) is 0 Å². The lowest BCUT2D eigenvalue weighted by atomic mass is 9.75. The quantitative estimate of drug-likeness (QED) is 0.566. The number of nitrogens with zero attached hydrogens (tertiary/aromatic N) is 1. The molecule has 0 amide bonds. The maximum absolute atomic E-state index is 12.8. The molecule has 1 aliphatic carbocycles. The summed E-state index contributed by atoms with van der Waals surface area (Å²) < 4.78 is 5.85. The summed E-state index contributed by atoms with van der Waals surface area (Å²) in [5.41, 5.74) is 2.47. The third-order valence-corrected chi connectivity index (χ3v) is 5.02. The van der Waals surface area contributed by atoms with E-state index in [2.05, 4.69) is 4.98 Å². The fraction of sp³-hybridized carbons (Fsp3) is 0.316. The number of halogens is 1. The summed E-state index contributed by atoms with van der Waals surface area (Å²) in [7, 11) is 0. The third kappa shape index (κ3) is 2.25. The summed E-state index contributed by atoms with van der Waals surface area (Å²) in [6, 6.07) is 4.99. The van der Waals surface area contributed by atoms with Crippen molar-refractivity contribution < 1.29 is 9.21 Å². The third-order valence-electron chi connectivity index (χ3n) is 4.61. The molecule has 0 N–H and O–H groups in total. The van der Waals surface area contributed by atoms with Gasteiger partial charge in [-0.3, -0.25) is 9.59 Å². The Morgan fingerprint density at radius 3 is 2.62 bits per heavy atom. The number of benzene rings is 1. The van der Waals surface area contributed by atoms with Crippen LogP contribution >= 0.6 is 11.6 Å². The fourth-order valence-corrected chi connectivity index (χ4v) is 3.52. The van der Waals surface area contributed by atoms with E-state index in [1.807, 2.05) is 20.8 Å². The van der Waals surface area contributed by atoms with E-state index in [0.29, 0.717) is 45.5 Å². The lowest BCUT2D eigenvalue weighted by Gasteiger charge is -2.29. The van der Waals surface area contributed by atoms with Gasteiger partial charge in [0.2, 0.25) is 11.1 Å². The topological polar surface area (TPSA) is 60.2 Å². The Balaban J connectivity index is 2.08. The second-order valence-corrected chi connectivity index (χ2v) is 7.71. The Morgan fingerprint density at radius 2 is 1.88 bits per heavy atom. The monoisotopic (exact) mass is 341 g/mol. The van der Waals surface area contributed by atoms with Gasteiger partial charge in [-0.15, -0.1) is 0 Å². The van der Waals surface area contributed by atoms with Gasteiger partial charge in [-0.2, -0.15) is 0 Å². The highest BCUT2D eigenvalue weighted by Crippen LogP contribution is 2.35. The van der Waals surface area contributed by atoms with Crippen molar-refractivity contribution in [3.8, 4) is 0 Å². The summed E-state index contributed by atoms with van der Waals surface area (Å²) in [4.78, 5) is 29.7. The Bertz CT molecular complexity index is 1100. The number of fused-ring (bicyclic) bond motifs is 3. The van der Waals surface area contributed by atoms with Crippen molar-refractivity contribution in [1.82, 2.24) is 4.98 Å². The maximum Gasteiger partial charge on any atom is 0.230 e. The van der Waals surface area contributed by atoms with Crippen molar-refractivity contribution in [3.63, 3.8) is 0 Å². The number of ketones is 1. The molecule has 0 unspecified atom stereocenters. The highest BCUT2D eigenvalue weighted by atomic mass is 35.5. The zero-order valence-corrected chi connectivity index (χ0v) is 14.5. The Hall–Kier alpha value is -2.20. The van der Waals surface area contributed by atoms with Gasteiger partial charge in [0.1, 0.15) is 5.58 Å². The van der Waals surface area contributed by atoms with Crippen LogP contribution in [0.1, 0.15) is 41.9 Å². The second-order valence-electron chi connectivity index (χ2n) is 7.31. The summed E-state index contributed by atoms with van der Waals surface area (Å²) in [5.74, 6) is 0.0251. The average molecular weight is 342 g/mol. The van der Waals surface area contributed by atoms with Gasteiger partial charge in [0.05, 0.1) is 16.5 Å². The van der Waals surface area contributed by atoms with E-state index in [0.717, 1.165) is 5.56 Å². The van der Waals surface area contributed by atoms with Crippen LogP contribution in [0.5, 0.6) is 0 Å². The molecule has 1 aromatic carbocycles. The molecule has 24 heavy (non-hydrogen) atoms. The molecule has 0 atom stereocenters. The van der Waals surface area contributed by atoms with Crippen LogP contribution in [-0.4, -0.2) is 10.8 Å². The van der Waals surface area contributed by atoms with E-state index < -0.39 is 0 Å². The zero-order chi connectivity index (χ0) is 17.2. The van der Waals surface area contributed by atoms with E-state index in [-0.39, 0.29) is 22.3 Å². The summed E-state index contributed by atoms with van der Waals surface area (Å²) >= 11 is 6.13. The standard InChI is InChI=1S/C19H16ClNO3/c1-9-4-16-11(6-13(9)20)17(23)12-5-10-14(21-18(12)24-16)7-19(2,3)8-15(10)22/h4-6H,7-8H2,1-3H3.